The summed E-state index contributed by atoms with van der Waals surface area (Å²) in [7, 11) is 0. The van der Waals surface area contributed by atoms with Gasteiger partial charge in [0.15, 0.2) is 0 Å². The van der Waals surface area contributed by atoms with Crippen LogP contribution < -0.4 is 5.32 Å². The first-order valence-corrected chi connectivity index (χ1v) is 38.9. The maximum absolute atomic E-state index is 12.6. The maximum Gasteiger partial charge on any atom is 0.305 e. The number of rotatable bonds is 74. The molecule has 0 radical (unpaired) electrons. The van der Waals surface area contributed by atoms with E-state index in [0.29, 0.717) is 25.9 Å². The number of carbonyl (C=O) groups excluding carboxylic acids is 2. The highest BCUT2D eigenvalue weighted by Crippen LogP contribution is 2.20. The topological polar surface area (TPSA) is 95.9 Å². The molecule has 6 heteroatoms. The van der Waals surface area contributed by atoms with E-state index in [4.69, 9.17) is 4.74 Å². The molecule has 0 aromatic carbocycles. The highest BCUT2D eigenvalue weighted by molar-refractivity contribution is 5.76. The molecular formula is C78H153NO5. The van der Waals surface area contributed by atoms with Crippen molar-refractivity contribution < 1.29 is 24.5 Å². The van der Waals surface area contributed by atoms with Crippen LogP contribution in [0.1, 0.15) is 450 Å². The van der Waals surface area contributed by atoms with Gasteiger partial charge in [0.05, 0.1) is 25.4 Å². The van der Waals surface area contributed by atoms with Gasteiger partial charge in [-0.3, -0.25) is 9.59 Å². The molecule has 6 nitrogen and oxygen atoms in total. The number of hydrogen-bond donors (Lipinski definition) is 3. The van der Waals surface area contributed by atoms with E-state index in [1.54, 1.807) is 0 Å². The standard InChI is InChI=1S/C78H153NO5/c1-3-5-7-9-11-13-15-17-19-21-22-23-30-33-36-39-42-46-50-54-58-62-66-70-76(81)75(74-80)79-77(82)71-67-63-59-55-51-47-43-40-37-34-31-28-26-24-25-27-29-32-35-38-41-45-49-53-57-61-65-69-73-84-78(83)72-68-64-60-56-52-48-44-20-18-16-14-12-10-8-6-4-2/h24-25,75-76,80-81H,3-23,26-74H2,1-2H3,(H,79,82)/b25-24-. The molecule has 0 spiro atoms. The normalized spacial score (nSPS) is 12.5. The van der Waals surface area contributed by atoms with E-state index >= 15 is 0 Å². The van der Waals surface area contributed by atoms with Gasteiger partial charge in [-0.25, -0.2) is 0 Å². The molecule has 0 rings (SSSR count). The molecule has 0 bridgehead atoms. The first-order chi connectivity index (χ1) is 41.5. The minimum atomic E-state index is -0.665. The molecule has 2 atom stereocenters. The van der Waals surface area contributed by atoms with Crippen LogP contribution in [0.4, 0.5) is 0 Å². The van der Waals surface area contributed by atoms with E-state index in [2.05, 4.69) is 31.3 Å². The van der Waals surface area contributed by atoms with Gasteiger partial charge in [0.2, 0.25) is 5.91 Å². The van der Waals surface area contributed by atoms with E-state index in [-0.39, 0.29) is 18.5 Å². The minimum Gasteiger partial charge on any atom is -0.466 e. The zero-order valence-corrected chi connectivity index (χ0v) is 57.4. The smallest absolute Gasteiger partial charge is 0.305 e. The number of ether oxygens (including phenoxy) is 1. The average Bonchev–Trinajstić information content (AvgIpc) is 3.51. The van der Waals surface area contributed by atoms with Crippen LogP contribution in [0, 0.1) is 0 Å². The summed E-state index contributed by atoms with van der Waals surface area (Å²) in [5.41, 5.74) is 0. The van der Waals surface area contributed by atoms with Crippen LogP contribution in [0.2, 0.25) is 0 Å². The number of esters is 1. The summed E-state index contributed by atoms with van der Waals surface area (Å²) in [6, 6.07) is -0.542. The summed E-state index contributed by atoms with van der Waals surface area (Å²) in [4.78, 5) is 24.7. The molecule has 0 saturated carbocycles. The monoisotopic (exact) mass is 1180 g/mol. The van der Waals surface area contributed by atoms with Gasteiger partial charge >= 0.3 is 5.97 Å². The third kappa shape index (κ3) is 69.7. The minimum absolute atomic E-state index is 0.0207. The number of aliphatic hydroxyl groups is 2. The predicted octanol–water partition coefficient (Wildman–Crippen LogP) is 25.5. The van der Waals surface area contributed by atoms with E-state index in [1.165, 1.54) is 379 Å². The van der Waals surface area contributed by atoms with Crippen LogP contribution in [-0.4, -0.2) is 47.4 Å². The number of hydrogen-bond acceptors (Lipinski definition) is 5. The van der Waals surface area contributed by atoms with Crippen molar-refractivity contribution in [3.05, 3.63) is 12.2 Å². The average molecular weight is 1190 g/mol. The van der Waals surface area contributed by atoms with Crippen LogP contribution in [0.15, 0.2) is 12.2 Å². The fraction of sp³-hybridized carbons (Fsp3) is 0.949. The lowest BCUT2D eigenvalue weighted by molar-refractivity contribution is -0.143. The largest absolute Gasteiger partial charge is 0.466 e. The Hall–Kier alpha value is -1.40. The van der Waals surface area contributed by atoms with Crippen molar-refractivity contribution in [1.82, 2.24) is 5.32 Å². The van der Waals surface area contributed by atoms with Crippen molar-refractivity contribution in [3.63, 3.8) is 0 Å². The van der Waals surface area contributed by atoms with Gasteiger partial charge in [-0.15, -0.1) is 0 Å². The number of allylic oxidation sites excluding steroid dienone is 2. The second-order valence-corrected chi connectivity index (χ2v) is 27.0. The fourth-order valence-electron chi connectivity index (χ4n) is 12.6. The summed E-state index contributed by atoms with van der Waals surface area (Å²) < 4.78 is 5.51. The number of carbonyl (C=O) groups is 2. The Balaban J connectivity index is 3.36. The highest BCUT2D eigenvalue weighted by Gasteiger charge is 2.20. The van der Waals surface area contributed by atoms with E-state index in [0.717, 1.165) is 38.5 Å². The Morgan fingerprint density at radius 2 is 0.560 bits per heavy atom. The van der Waals surface area contributed by atoms with Crippen molar-refractivity contribution in [3.8, 4) is 0 Å². The number of unbranched alkanes of at least 4 members (excludes halogenated alkanes) is 61. The van der Waals surface area contributed by atoms with Gasteiger partial charge in [-0.05, 0) is 51.4 Å². The Morgan fingerprint density at radius 3 is 0.845 bits per heavy atom. The van der Waals surface area contributed by atoms with Gasteiger partial charge < -0.3 is 20.3 Å². The van der Waals surface area contributed by atoms with Gasteiger partial charge in [0.1, 0.15) is 0 Å². The Bertz CT molecular complexity index is 1270. The van der Waals surface area contributed by atoms with Gasteiger partial charge in [0.25, 0.3) is 0 Å². The molecule has 0 heterocycles. The number of nitrogens with one attached hydrogen (secondary N) is 1. The molecule has 0 aliphatic heterocycles. The summed E-state index contributed by atoms with van der Waals surface area (Å²) in [6.07, 6.45) is 92.9. The molecule has 1 amide bonds. The molecule has 2 unspecified atom stereocenters. The molecule has 0 fully saturated rings. The lowest BCUT2D eigenvalue weighted by Gasteiger charge is -2.22. The van der Waals surface area contributed by atoms with Crippen LogP contribution in [0.5, 0.6) is 0 Å². The molecule has 3 N–H and O–H groups in total. The van der Waals surface area contributed by atoms with Crippen LogP contribution >= 0.6 is 0 Å². The lowest BCUT2D eigenvalue weighted by atomic mass is 10.0. The zero-order valence-electron chi connectivity index (χ0n) is 57.4. The third-order valence-corrected chi connectivity index (χ3v) is 18.6. The Kier molecular flexibility index (Phi) is 72.8. The first kappa shape index (κ1) is 82.6. The zero-order chi connectivity index (χ0) is 60.6. The van der Waals surface area contributed by atoms with E-state index in [9.17, 15) is 19.8 Å². The van der Waals surface area contributed by atoms with E-state index in [1.807, 2.05) is 0 Å². The van der Waals surface area contributed by atoms with Gasteiger partial charge in [-0.1, -0.05) is 398 Å². The molecule has 0 aromatic rings. The second-order valence-electron chi connectivity index (χ2n) is 27.0. The van der Waals surface area contributed by atoms with Crippen molar-refractivity contribution in [2.75, 3.05) is 13.2 Å². The lowest BCUT2D eigenvalue weighted by Crippen LogP contribution is -2.45. The molecular weight excluding hydrogens is 1030 g/mol. The SMILES string of the molecule is CCCCCCCCCCCCCCCCCCCCCCCCCC(O)C(CO)NC(=O)CCCCCCCCCCCCCC/C=C\CCCCCCCCCCCCCCOC(=O)CCCCCCCCCCCCCCCCCC. The van der Waals surface area contributed by atoms with Crippen molar-refractivity contribution >= 4 is 11.9 Å². The molecule has 500 valence electrons. The highest BCUT2D eigenvalue weighted by atomic mass is 16.5. The molecule has 0 saturated heterocycles. The van der Waals surface area contributed by atoms with Crippen LogP contribution in [-0.2, 0) is 14.3 Å². The molecule has 0 aromatic heterocycles. The van der Waals surface area contributed by atoms with Crippen molar-refractivity contribution in [2.24, 2.45) is 0 Å². The summed E-state index contributed by atoms with van der Waals surface area (Å²) in [5.74, 6) is -0.00838. The van der Waals surface area contributed by atoms with E-state index < -0.39 is 12.1 Å². The fourth-order valence-corrected chi connectivity index (χ4v) is 12.6. The Labute approximate surface area is 527 Å². The quantitative estimate of drug-likeness (QED) is 0.0320. The molecule has 0 aliphatic rings. The summed E-state index contributed by atoms with van der Waals surface area (Å²) in [5, 5.41) is 23.5. The van der Waals surface area contributed by atoms with Crippen LogP contribution in [0.3, 0.4) is 0 Å². The Morgan fingerprint density at radius 1 is 0.321 bits per heavy atom. The number of aliphatic hydroxyl groups excluding tert-OH is 2. The van der Waals surface area contributed by atoms with Gasteiger partial charge in [-0.2, -0.15) is 0 Å². The molecule has 84 heavy (non-hydrogen) atoms. The van der Waals surface area contributed by atoms with Crippen molar-refractivity contribution in [2.45, 2.75) is 463 Å². The van der Waals surface area contributed by atoms with Crippen molar-refractivity contribution in [1.29, 1.82) is 0 Å². The maximum atomic E-state index is 12.6. The third-order valence-electron chi connectivity index (χ3n) is 18.6. The van der Waals surface area contributed by atoms with Gasteiger partial charge in [0, 0.05) is 12.8 Å². The number of amides is 1. The first-order valence-electron chi connectivity index (χ1n) is 38.9. The predicted molar refractivity (Wildman–Crippen MR) is 370 cm³/mol. The van der Waals surface area contributed by atoms with Crippen LogP contribution in [0.25, 0.3) is 0 Å². The second kappa shape index (κ2) is 74.1. The summed E-state index contributed by atoms with van der Waals surface area (Å²) in [6.45, 7) is 5.01. The summed E-state index contributed by atoms with van der Waals surface area (Å²) >= 11 is 0. The molecule has 0 aliphatic carbocycles.